The number of hydrogen-bond donors (Lipinski definition) is 2. The van der Waals surface area contributed by atoms with Gasteiger partial charge in [-0.25, -0.2) is 14.0 Å². The highest BCUT2D eigenvalue weighted by molar-refractivity contribution is 6.31. The first-order chi connectivity index (χ1) is 11.9. The van der Waals surface area contributed by atoms with Crippen molar-refractivity contribution in [3.05, 3.63) is 45.9 Å². The number of nitrogens with one attached hydrogen (secondary N) is 2. The van der Waals surface area contributed by atoms with Crippen molar-refractivity contribution >= 4 is 29.6 Å². The van der Waals surface area contributed by atoms with Crippen molar-refractivity contribution in [1.82, 2.24) is 10.6 Å². The number of rotatable bonds is 6. The highest BCUT2D eigenvalue weighted by Crippen LogP contribution is 2.20. The molecule has 0 saturated heterocycles. The molecule has 0 aromatic heterocycles. The van der Waals surface area contributed by atoms with Crippen molar-refractivity contribution in [1.29, 1.82) is 0 Å². The second kappa shape index (κ2) is 8.48. The molecule has 0 saturated carbocycles. The van der Waals surface area contributed by atoms with Crippen LogP contribution in [-0.4, -0.2) is 37.7 Å². The molecule has 9 heteroatoms. The Morgan fingerprint density at radius 3 is 2.76 bits per heavy atom. The van der Waals surface area contributed by atoms with Crippen LogP contribution in [0.2, 0.25) is 5.02 Å². The maximum Gasteiger partial charge on any atom is 0.337 e. The van der Waals surface area contributed by atoms with Gasteiger partial charge in [-0.05, 0) is 19.1 Å². The molecule has 0 bridgehead atoms. The molecule has 25 heavy (non-hydrogen) atoms. The van der Waals surface area contributed by atoms with E-state index in [4.69, 9.17) is 21.1 Å². The van der Waals surface area contributed by atoms with Crippen molar-refractivity contribution in [3.63, 3.8) is 0 Å². The van der Waals surface area contributed by atoms with E-state index in [1.54, 1.807) is 6.92 Å². The summed E-state index contributed by atoms with van der Waals surface area (Å²) in [7, 11) is 0. The molecule has 2 N–H and O–H groups in total. The normalized spacial score (nSPS) is 13.8. The summed E-state index contributed by atoms with van der Waals surface area (Å²) in [6, 6.07) is 3.54. The molecule has 134 valence electrons. The molecule has 0 spiro atoms. The lowest BCUT2D eigenvalue weighted by molar-refractivity contribution is -0.143. The van der Waals surface area contributed by atoms with Crippen molar-refractivity contribution in [2.45, 2.75) is 13.3 Å². The molecule has 1 aromatic rings. The summed E-state index contributed by atoms with van der Waals surface area (Å²) in [6.07, 6.45) is -0.375. The molecule has 0 atom stereocenters. The second-order valence-electron chi connectivity index (χ2n) is 5.02. The van der Waals surface area contributed by atoms with Gasteiger partial charge in [0, 0.05) is 10.6 Å². The zero-order valence-corrected chi connectivity index (χ0v) is 14.1. The molecular formula is C16H16ClFN2O5. The zero-order valence-electron chi connectivity index (χ0n) is 13.4. The smallest absolute Gasteiger partial charge is 0.337 e. The van der Waals surface area contributed by atoms with Crippen LogP contribution in [-0.2, 0) is 25.5 Å². The van der Waals surface area contributed by atoms with Crippen molar-refractivity contribution in [2.75, 3.05) is 19.8 Å². The van der Waals surface area contributed by atoms with Crippen LogP contribution in [0.1, 0.15) is 12.5 Å². The number of halogens is 2. The SMILES string of the molecule is CCOC(=O)C1=C(COC(=O)Cc2c(F)cccc2Cl)NC(=O)NC1. The number of carbonyl (C=O) groups excluding carboxylic acids is 3. The van der Waals surface area contributed by atoms with Crippen LogP contribution in [0.3, 0.4) is 0 Å². The number of carbonyl (C=O) groups is 3. The Kier molecular flexibility index (Phi) is 6.35. The van der Waals surface area contributed by atoms with Crippen LogP contribution in [0, 0.1) is 5.82 Å². The summed E-state index contributed by atoms with van der Waals surface area (Å²) < 4.78 is 23.6. The van der Waals surface area contributed by atoms with E-state index in [1.807, 2.05) is 0 Å². The third-order valence-electron chi connectivity index (χ3n) is 3.34. The summed E-state index contributed by atoms with van der Waals surface area (Å²) >= 11 is 5.86. The molecule has 0 aliphatic carbocycles. The summed E-state index contributed by atoms with van der Waals surface area (Å²) in [5.41, 5.74) is 0.288. The first kappa shape index (κ1) is 18.7. The maximum atomic E-state index is 13.7. The maximum absolute atomic E-state index is 13.7. The lowest BCUT2D eigenvalue weighted by Crippen LogP contribution is -2.45. The fourth-order valence-electron chi connectivity index (χ4n) is 2.12. The van der Waals surface area contributed by atoms with Gasteiger partial charge in [0.2, 0.25) is 0 Å². The van der Waals surface area contributed by atoms with Gasteiger partial charge in [-0.2, -0.15) is 0 Å². The predicted octanol–water partition coefficient (Wildman–Crippen LogP) is 1.69. The average Bonchev–Trinajstić information content (AvgIpc) is 2.56. The number of amides is 2. The molecule has 1 aliphatic rings. The van der Waals surface area contributed by atoms with E-state index >= 15 is 0 Å². The molecule has 1 aliphatic heterocycles. The van der Waals surface area contributed by atoms with Crippen molar-refractivity contribution < 1.29 is 28.2 Å². The van der Waals surface area contributed by atoms with Crippen LogP contribution in [0.4, 0.5) is 9.18 Å². The quantitative estimate of drug-likeness (QED) is 0.743. The second-order valence-corrected chi connectivity index (χ2v) is 5.43. The predicted molar refractivity (Wildman–Crippen MR) is 86.3 cm³/mol. The van der Waals surface area contributed by atoms with E-state index in [2.05, 4.69) is 10.6 Å². The third-order valence-corrected chi connectivity index (χ3v) is 3.69. The molecular weight excluding hydrogens is 355 g/mol. The van der Waals surface area contributed by atoms with Gasteiger partial charge in [-0.15, -0.1) is 0 Å². The summed E-state index contributed by atoms with van der Waals surface area (Å²) in [6.45, 7) is 1.41. The molecule has 0 fully saturated rings. The molecule has 2 amide bonds. The molecule has 7 nitrogen and oxygen atoms in total. The first-order valence-corrected chi connectivity index (χ1v) is 7.82. The van der Waals surface area contributed by atoms with E-state index in [0.717, 1.165) is 0 Å². The van der Waals surface area contributed by atoms with E-state index in [9.17, 15) is 18.8 Å². The molecule has 0 unspecified atom stereocenters. The number of urea groups is 1. The number of hydrogen-bond acceptors (Lipinski definition) is 5. The van der Waals surface area contributed by atoms with Crippen LogP contribution in [0.25, 0.3) is 0 Å². The largest absolute Gasteiger partial charge is 0.463 e. The average molecular weight is 371 g/mol. The minimum Gasteiger partial charge on any atom is -0.463 e. The highest BCUT2D eigenvalue weighted by Gasteiger charge is 2.24. The van der Waals surface area contributed by atoms with Crippen LogP contribution >= 0.6 is 11.6 Å². The monoisotopic (exact) mass is 370 g/mol. The van der Waals surface area contributed by atoms with Gasteiger partial charge in [0.05, 0.1) is 30.8 Å². The number of benzene rings is 1. The fraction of sp³-hybridized carbons (Fsp3) is 0.312. The molecule has 2 rings (SSSR count). The zero-order chi connectivity index (χ0) is 18.4. The van der Waals surface area contributed by atoms with Crippen LogP contribution in [0.5, 0.6) is 0 Å². The van der Waals surface area contributed by atoms with E-state index in [0.29, 0.717) is 0 Å². The number of ether oxygens (including phenoxy) is 2. The topological polar surface area (TPSA) is 93.7 Å². The van der Waals surface area contributed by atoms with Gasteiger partial charge in [0.25, 0.3) is 0 Å². The minimum atomic E-state index is -0.754. The Hall–Kier alpha value is -2.61. The Balaban J connectivity index is 2.05. The van der Waals surface area contributed by atoms with Gasteiger partial charge in [0.15, 0.2) is 0 Å². The highest BCUT2D eigenvalue weighted by atomic mass is 35.5. The van der Waals surface area contributed by atoms with Gasteiger partial charge in [0.1, 0.15) is 12.4 Å². The Labute approximate surface area is 148 Å². The van der Waals surface area contributed by atoms with Crippen LogP contribution in [0.15, 0.2) is 29.5 Å². The van der Waals surface area contributed by atoms with E-state index in [-0.39, 0.29) is 48.0 Å². The Bertz CT molecular complexity index is 715. The van der Waals surface area contributed by atoms with Gasteiger partial charge in [-0.1, -0.05) is 17.7 Å². The van der Waals surface area contributed by atoms with Gasteiger partial charge >= 0.3 is 18.0 Å². The summed E-state index contributed by atoms with van der Waals surface area (Å²) in [5, 5.41) is 4.94. The van der Waals surface area contributed by atoms with E-state index in [1.165, 1.54) is 18.2 Å². The molecule has 0 radical (unpaired) electrons. The molecule has 1 heterocycles. The first-order valence-electron chi connectivity index (χ1n) is 7.44. The van der Waals surface area contributed by atoms with Crippen LogP contribution < -0.4 is 10.6 Å². The van der Waals surface area contributed by atoms with E-state index < -0.39 is 23.8 Å². The standard InChI is InChI=1S/C16H16ClFN2O5/c1-2-24-15(22)10-7-19-16(23)20-13(10)8-25-14(21)6-9-11(17)4-3-5-12(9)18/h3-5H,2,6-8H2,1H3,(H2,19,20,23). The number of esters is 2. The summed E-state index contributed by atoms with van der Waals surface area (Å²) in [5.74, 6) is -2.00. The Morgan fingerprint density at radius 1 is 1.32 bits per heavy atom. The lowest BCUT2D eigenvalue weighted by Gasteiger charge is -2.21. The lowest BCUT2D eigenvalue weighted by atomic mass is 10.1. The fourth-order valence-corrected chi connectivity index (χ4v) is 2.35. The Morgan fingerprint density at radius 2 is 2.08 bits per heavy atom. The minimum absolute atomic E-state index is 0.0168. The van der Waals surface area contributed by atoms with Crippen molar-refractivity contribution in [3.8, 4) is 0 Å². The molecule has 1 aromatic carbocycles. The van der Waals surface area contributed by atoms with Gasteiger partial charge < -0.3 is 20.1 Å². The summed E-state index contributed by atoms with van der Waals surface area (Å²) in [4.78, 5) is 35.2. The van der Waals surface area contributed by atoms with Gasteiger partial charge in [-0.3, -0.25) is 4.79 Å². The third kappa shape index (κ3) is 4.93. The van der Waals surface area contributed by atoms with Crippen molar-refractivity contribution in [2.24, 2.45) is 0 Å².